The van der Waals surface area contributed by atoms with Gasteiger partial charge < -0.3 is 10.0 Å². The lowest BCUT2D eigenvalue weighted by Crippen LogP contribution is -2.23. The van der Waals surface area contributed by atoms with Crippen molar-refractivity contribution in [1.29, 1.82) is 0 Å². The summed E-state index contributed by atoms with van der Waals surface area (Å²) in [5, 5.41) is 10.6. The molecule has 4 rings (SSSR count). The molecule has 0 unspecified atom stereocenters. The van der Waals surface area contributed by atoms with E-state index in [0.717, 1.165) is 43.6 Å². The van der Waals surface area contributed by atoms with Crippen LogP contribution in [0, 0.1) is 0 Å². The average molecular weight is 357 g/mol. The van der Waals surface area contributed by atoms with Crippen LogP contribution in [0.4, 0.5) is 5.69 Å². The van der Waals surface area contributed by atoms with E-state index in [-0.39, 0.29) is 11.5 Å². The van der Waals surface area contributed by atoms with Gasteiger partial charge in [0.25, 0.3) is 0 Å². The topological polar surface area (TPSA) is 40.5 Å². The number of phenols is 1. The molecule has 3 nitrogen and oxygen atoms in total. The SMILES string of the molecule is O=C(c1ccccc1)c1cc2c(cc1O)N(Cc1ccccc1)CCCC2. The summed E-state index contributed by atoms with van der Waals surface area (Å²) in [6, 6.07) is 23.2. The Morgan fingerprint density at radius 3 is 2.37 bits per heavy atom. The second-order valence-corrected chi connectivity index (χ2v) is 7.06. The maximum atomic E-state index is 12.8. The fraction of sp³-hybridized carbons (Fsp3) is 0.208. The minimum atomic E-state index is -0.130. The van der Waals surface area contributed by atoms with Gasteiger partial charge in [-0.3, -0.25) is 4.79 Å². The zero-order valence-electron chi connectivity index (χ0n) is 15.3. The van der Waals surface area contributed by atoms with Crippen LogP contribution in [-0.4, -0.2) is 17.4 Å². The standard InChI is InChI=1S/C24H23NO2/c26-23-16-22-20(15-21(23)24(27)19-11-5-2-6-12-19)13-7-8-14-25(22)17-18-9-3-1-4-10-18/h1-6,9-12,15-16,26H,7-8,13-14,17H2. The van der Waals surface area contributed by atoms with Crippen molar-refractivity contribution in [3.8, 4) is 5.75 Å². The highest BCUT2D eigenvalue weighted by molar-refractivity contribution is 6.11. The number of benzene rings is 3. The minimum absolute atomic E-state index is 0.0579. The first kappa shape index (κ1) is 17.3. The number of fused-ring (bicyclic) bond motifs is 1. The summed E-state index contributed by atoms with van der Waals surface area (Å²) in [4.78, 5) is 15.2. The molecule has 3 aromatic carbocycles. The summed E-state index contributed by atoms with van der Waals surface area (Å²) < 4.78 is 0. The van der Waals surface area contributed by atoms with Crippen LogP contribution in [0.15, 0.2) is 72.8 Å². The van der Waals surface area contributed by atoms with Crippen molar-refractivity contribution >= 4 is 11.5 Å². The molecular weight excluding hydrogens is 334 g/mol. The fourth-order valence-corrected chi connectivity index (χ4v) is 3.75. The number of rotatable bonds is 4. The number of aryl methyl sites for hydroxylation is 1. The molecule has 3 heteroatoms. The van der Waals surface area contributed by atoms with Gasteiger partial charge in [0.05, 0.1) is 5.56 Å². The van der Waals surface area contributed by atoms with Crippen LogP contribution in [0.5, 0.6) is 5.75 Å². The van der Waals surface area contributed by atoms with Crippen LogP contribution in [0.3, 0.4) is 0 Å². The summed E-state index contributed by atoms with van der Waals surface area (Å²) in [6.45, 7) is 1.76. The Bertz CT molecular complexity index is 935. The predicted octanol–water partition coefficient (Wildman–Crippen LogP) is 4.97. The van der Waals surface area contributed by atoms with Crippen LogP contribution in [0.1, 0.15) is 39.9 Å². The molecule has 0 amide bonds. The maximum Gasteiger partial charge on any atom is 0.196 e. The average Bonchev–Trinajstić information content (AvgIpc) is 2.90. The molecule has 1 N–H and O–H groups in total. The van der Waals surface area contributed by atoms with Crippen molar-refractivity contribution in [2.45, 2.75) is 25.8 Å². The molecule has 0 radical (unpaired) electrons. The van der Waals surface area contributed by atoms with Crippen molar-refractivity contribution in [2.75, 3.05) is 11.4 Å². The molecule has 136 valence electrons. The normalized spacial score (nSPS) is 13.7. The highest BCUT2D eigenvalue weighted by atomic mass is 16.3. The molecule has 1 aliphatic rings. The summed E-state index contributed by atoms with van der Waals surface area (Å²) in [7, 11) is 0. The van der Waals surface area contributed by atoms with Crippen molar-refractivity contribution in [1.82, 2.24) is 0 Å². The molecule has 0 aliphatic carbocycles. The van der Waals surface area contributed by atoms with Gasteiger partial charge in [0, 0.05) is 30.4 Å². The Morgan fingerprint density at radius 2 is 1.63 bits per heavy atom. The molecule has 0 atom stereocenters. The van der Waals surface area contributed by atoms with Gasteiger partial charge in [-0.2, -0.15) is 0 Å². The summed E-state index contributed by atoms with van der Waals surface area (Å²) in [5.41, 5.74) is 4.41. The lowest BCUT2D eigenvalue weighted by atomic mass is 9.97. The van der Waals surface area contributed by atoms with Crippen molar-refractivity contribution in [3.05, 3.63) is 95.1 Å². The Labute approximate surface area is 159 Å². The van der Waals surface area contributed by atoms with Gasteiger partial charge >= 0.3 is 0 Å². The highest BCUT2D eigenvalue weighted by Crippen LogP contribution is 2.34. The van der Waals surface area contributed by atoms with Crippen LogP contribution in [0.2, 0.25) is 0 Å². The molecule has 1 aliphatic heterocycles. The number of nitrogens with zero attached hydrogens (tertiary/aromatic N) is 1. The van der Waals surface area contributed by atoms with Gasteiger partial charge in [0.2, 0.25) is 0 Å². The Kier molecular flexibility index (Phi) is 4.93. The lowest BCUT2D eigenvalue weighted by Gasteiger charge is -2.26. The zero-order valence-corrected chi connectivity index (χ0v) is 15.3. The first-order valence-corrected chi connectivity index (χ1v) is 9.47. The Morgan fingerprint density at radius 1 is 0.926 bits per heavy atom. The molecule has 3 aromatic rings. The number of anilines is 1. The van der Waals surface area contributed by atoms with Gasteiger partial charge in [0.1, 0.15) is 5.75 Å². The van der Waals surface area contributed by atoms with E-state index in [4.69, 9.17) is 0 Å². The van der Waals surface area contributed by atoms with E-state index in [1.54, 1.807) is 18.2 Å². The largest absolute Gasteiger partial charge is 0.507 e. The number of hydrogen-bond donors (Lipinski definition) is 1. The molecule has 1 heterocycles. The first-order chi connectivity index (χ1) is 13.2. The van der Waals surface area contributed by atoms with E-state index in [1.165, 1.54) is 5.56 Å². The van der Waals surface area contributed by atoms with Gasteiger partial charge in [-0.15, -0.1) is 0 Å². The minimum Gasteiger partial charge on any atom is -0.507 e. The van der Waals surface area contributed by atoms with Gasteiger partial charge in [-0.05, 0) is 36.5 Å². The third-order valence-corrected chi connectivity index (χ3v) is 5.16. The van der Waals surface area contributed by atoms with Crippen molar-refractivity contribution in [3.63, 3.8) is 0 Å². The van der Waals surface area contributed by atoms with Crippen LogP contribution < -0.4 is 4.90 Å². The Balaban J connectivity index is 1.70. The number of ketones is 1. The van der Waals surface area contributed by atoms with E-state index in [0.29, 0.717) is 11.1 Å². The van der Waals surface area contributed by atoms with Crippen molar-refractivity contribution in [2.24, 2.45) is 0 Å². The molecule has 0 saturated heterocycles. The maximum absolute atomic E-state index is 12.8. The number of hydrogen-bond acceptors (Lipinski definition) is 3. The third-order valence-electron chi connectivity index (χ3n) is 5.16. The fourth-order valence-electron chi connectivity index (χ4n) is 3.75. The number of carbonyl (C=O) groups is 1. The van der Waals surface area contributed by atoms with E-state index in [9.17, 15) is 9.90 Å². The van der Waals surface area contributed by atoms with Crippen LogP contribution >= 0.6 is 0 Å². The van der Waals surface area contributed by atoms with Crippen molar-refractivity contribution < 1.29 is 9.90 Å². The lowest BCUT2D eigenvalue weighted by molar-refractivity contribution is 0.103. The quantitative estimate of drug-likeness (QED) is 0.671. The molecule has 0 fully saturated rings. The third kappa shape index (κ3) is 3.72. The van der Waals surface area contributed by atoms with E-state index in [2.05, 4.69) is 17.0 Å². The molecule has 0 bridgehead atoms. The van der Waals surface area contributed by atoms with E-state index < -0.39 is 0 Å². The smallest absolute Gasteiger partial charge is 0.196 e. The Hall–Kier alpha value is -3.07. The van der Waals surface area contributed by atoms with Crippen LogP contribution in [-0.2, 0) is 13.0 Å². The number of phenolic OH excluding ortho intramolecular Hbond substituents is 1. The second kappa shape index (κ2) is 7.67. The van der Waals surface area contributed by atoms with Gasteiger partial charge in [0.15, 0.2) is 5.78 Å². The predicted molar refractivity (Wildman–Crippen MR) is 108 cm³/mol. The van der Waals surface area contributed by atoms with E-state index >= 15 is 0 Å². The second-order valence-electron chi connectivity index (χ2n) is 7.06. The number of carbonyl (C=O) groups excluding carboxylic acids is 1. The van der Waals surface area contributed by atoms with E-state index in [1.807, 2.05) is 42.5 Å². The zero-order chi connectivity index (χ0) is 18.6. The molecular formula is C24H23NO2. The number of aromatic hydroxyl groups is 1. The molecule has 0 aromatic heterocycles. The summed E-state index contributed by atoms with van der Waals surface area (Å²) >= 11 is 0. The summed E-state index contributed by atoms with van der Waals surface area (Å²) in [5.74, 6) is -0.0719. The first-order valence-electron chi connectivity index (χ1n) is 9.47. The molecule has 0 saturated carbocycles. The van der Waals surface area contributed by atoms with Crippen LogP contribution in [0.25, 0.3) is 0 Å². The van der Waals surface area contributed by atoms with Gasteiger partial charge in [-0.25, -0.2) is 0 Å². The monoisotopic (exact) mass is 357 g/mol. The highest BCUT2D eigenvalue weighted by Gasteiger charge is 2.21. The molecule has 0 spiro atoms. The molecule has 27 heavy (non-hydrogen) atoms. The van der Waals surface area contributed by atoms with Gasteiger partial charge in [-0.1, -0.05) is 60.7 Å². The summed E-state index contributed by atoms with van der Waals surface area (Å²) in [6.07, 6.45) is 3.11.